The topological polar surface area (TPSA) is 47.4 Å². The van der Waals surface area contributed by atoms with Crippen molar-refractivity contribution >= 4 is 22.6 Å². The minimum atomic E-state index is 0.0513. The van der Waals surface area contributed by atoms with Crippen LogP contribution in [0.3, 0.4) is 0 Å². The molecule has 3 aromatic rings. The lowest BCUT2D eigenvalue weighted by atomic mass is 10.1. The predicted molar refractivity (Wildman–Crippen MR) is 107 cm³/mol. The van der Waals surface area contributed by atoms with Crippen LogP contribution in [-0.4, -0.2) is 29.1 Å². The third-order valence-corrected chi connectivity index (χ3v) is 4.97. The minimum absolute atomic E-state index is 0.0513. The zero-order chi connectivity index (χ0) is 19.0. The zero-order valence-electron chi connectivity index (χ0n) is 15.7. The van der Waals surface area contributed by atoms with Gasteiger partial charge in [0.2, 0.25) is 5.91 Å². The highest BCUT2D eigenvalue weighted by Crippen LogP contribution is 2.34. The standard InChI is InChI=1S/C22H23N3O2/c1-15(2)13-25-20-10-5-4-9-19(20)23-22(25)16-11-21(26)24(14-16)17-7-6-8-18(12-17)27-3/h4-10,12,16H,1,11,13-14H2,2-3H3/t16-/m1/s1. The normalized spacial score (nSPS) is 16.9. The van der Waals surface area contributed by atoms with Gasteiger partial charge in [0, 0.05) is 37.2 Å². The maximum atomic E-state index is 12.7. The van der Waals surface area contributed by atoms with Gasteiger partial charge in [-0.3, -0.25) is 4.79 Å². The number of carbonyl (C=O) groups is 1. The summed E-state index contributed by atoms with van der Waals surface area (Å²) >= 11 is 0. The number of ether oxygens (including phenoxy) is 1. The highest BCUT2D eigenvalue weighted by atomic mass is 16.5. The van der Waals surface area contributed by atoms with Crippen molar-refractivity contribution in [2.75, 3.05) is 18.6 Å². The number of aromatic nitrogens is 2. The van der Waals surface area contributed by atoms with Gasteiger partial charge in [0.25, 0.3) is 0 Å². The summed E-state index contributed by atoms with van der Waals surface area (Å²) in [4.78, 5) is 19.4. The fourth-order valence-electron chi connectivity index (χ4n) is 3.75. The Kier molecular flexibility index (Phi) is 4.44. The van der Waals surface area contributed by atoms with Gasteiger partial charge in [0.15, 0.2) is 0 Å². The van der Waals surface area contributed by atoms with Crippen LogP contribution >= 0.6 is 0 Å². The summed E-state index contributed by atoms with van der Waals surface area (Å²) in [5, 5.41) is 0. The Hall–Kier alpha value is -3.08. The van der Waals surface area contributed by atoms with Gasteiger partial charge in [-0.25, -0.2) is 4.98 Å². The van der Waals surface area contributed by atoms with E-state index in [1.54, 1.807) is 7.11 Å². The molecule has 1 fully saturated rings. The van der Waals surface area contributed by atoms with Crippen molar-refractivity contribution in [3.63, 3.8) is 0 Å². The number of nitrogens with zero attached hydrogens (tertiary/aromatic N) is 3. The number of amides is 1. The Balaban J connectivity index is 1.70. The van der Waals surface area contributed by atoms with Gasteiger partial charge >= 0.3 is 0 Å². The van der Waals surface area contributed by atoms with Gasteiger partial charge in [-0.1, -0.05) is 30.4 Å². The Bertz CT molecular complexity index is 1020. The van der Waals surface area contributed by atoms with E-state index in [4.69, 9.17) is 9.72 Å². The molecule has 0 N–H and O–H groups in total. The number of imidazole rings is 1. The van der Waals surface area contributed by atoms with E-state index in [-0.39, 0.29) is 11.8 Å². The van der Waals surface area contributed by atoms with Crippen LogP contribution in [0.5, 0.6) is 5.75 Å². The predicted octanol–water partition coefficient (Wildman–Crippen LogP) is 4.14. The smallest absolute Gasteiger partial charge is 0.227 e. The molecule has 5 heteroatoms. The zero-order valence-corrected chi connectivity index (χ0v) is 15.7. The first kappa shape index (κ1) is 17.3. The Labute approximate surface area is 158 Å². The van der Waals surface area contributed by atoms with Crippen molar-refractivity contribution in [3.8, 4) is 5.75 Å². The molecule has 0 radical (unpaired) electrons. The molecule has 1 atom stereocenters. The van der Waals surface area contributed by atoms with Crippen LogP contribution in [0, 0.1) is 0 Å². The molecule has 138 valence electrons. The number of rotatable bonds is 5. The number of para-hydroxylation sites is 2. The van der Waals surface area contributed by atoms with Crippen molar-refractivity contribution < 1.29 is 9.53 Å². The third-order valence-electron chi connectivity index (χ3n) is 4.97. The quantitative estimate of drug-likeness (QED) is 0.642. The molecule has 1 amide bonds. The summed E-state index contributed by atoms with van der Waals surface area (Å²) in [6.45, 7) is 7.40. The Morgan fingerprint density at radius 1 is 1.26 bits per heavy atom. The van der Waals surface area contributed by atoms with Crippen molar-refractivity contribution in [2.45, 2.75) is 25.8 Å². The average molecular weight is 361 g/mol. The molecule has 2 heterocycles. The van der Waals surface area contributed by atoms with E-state index in [9.17, 15) is 4.79 Å². The van der Waals surface area contributed by atoms with Crippen LogP contribution in [0.15, 0.2) is 60.7 Å². The van der Waals surface area contributed by atoms with Gasteiger partial charge in [0.05, 0.1) is 18.1 Å². The monoisotopic (exact) mass is 361 g/mol. The minimum Gasteiger partial charge on any atom is -0.497 e. The molecule has 1 aromatic heterocycles. The molecule has 0 aliphatic carbocycles. The molecule has 1 saturated heterocycles. The molecular formula is C22H23N3O2. The van der Waals surface area contributed by atoms with Crippen LogP contribution in [0.2, 0.25) is 0 Å². The summed E-state index contributed by atoms with van der Waals surface area (Å²) in [6.07, 6.45) is 0.455. The second-order valence-electron chi connectivity index (χ2n) is 7.11. The molecule has 1 aliphatic rings. The number of allylic oxidation sites excluding steroid dienone is 1. The Morgan fingerprint density at radius 2 is 2.07 bits per heavy atom. The molecule has 1 aliphatic heterocycles. The number of hydrogen-bond donors (Lipinski definition) is 0. The van der Waals surface area contributed by atoms with E-state index in [1.165, 1.54) is 0 Å². The number of methoxy groups -OCH3 is 1. The van der Waals surface area contributed by atoms with Crippen molar-refractivity contribution in [2.24, 2.45) is 0 Å². The highest BCUT2D eigenvalue weighted by molar-refractivity contribution is 5.96. The van der Waals surface area contributed by atoms with Crippen LogP contribution < -0.4 is 9.64 Å². The number of carbonyl (C=O) groups excluding carboxylic acids is 1. The molecular weight excluding hydrogens is 338 g/mol. The number of hydrogen-bond acceptors (Lipinski definition) is 3. The van der Waals surface area contributed by atoms with Gasteiger partial charge < -0.3 is 14.2 Å². The molecule has 4 rings (SSSR count). The first-order valence-corrected chi connectivity index (χ1v) is 9.11. The second-order valence-corrected chi connectivity index (χ2v) is 7.11. The first-order valence-electron chi connectivity index (χ1n) is 9.11. The van der Waals surface area contributed by atoms with E-state index in [2.05, 4.69) is 17.2 Å². The fraction of sp³-hybridized carbons (Fsp3) is 0.273. The molecule has 0 spiro atoms. The molecule has 0 bridgehead atoms. The van der Waals surface area contributed by atoms with Crippen molar-refractivity contribution in [3.05, 3.63) is 66.5 Å². The van der Waals surface area contributed by atoms with Gasteiger partial charge in [-0.15, -0.1) is 0 Å². The van der Waals surface area contributed by atoms with Gasteiger partial charge in [-0.05, 0) is 31.2 Å². The first-order chi connectivity index (χ1) is 13.1. The summed E-state index contributed by atoms with van der Waals surface area (Å²) in [5.74, 6) is 1.87. The maximum Gasteiger partial charge on any atom is 0.227 e. The van der Waals surface area contributed by atoms with Crippen LogP contribution in [0.25, 0.3) is 11.0 Å². The molecule has 5 nitrogen and oxygen atoms in total. The number of anilines is 1. The Morgan fingerprint density at radius 3 is 2.85 bits per heavy atom. The molecule has 0 unspecified atom stereocenters. The fourth-order valence-corrected chi connectivity index (χ4v) is 3.75. The van der Waals surface area contributed by atoms with Gasteiger partial charge in [-0.2, -0.15) is 0 Å². The summed E-state index contributed by atoms with van der Waals surface area (Å²) in [6, 6.07) is 15.7. The van der Waals surface area contributed by atoms with Gasteiger partial charge in [0.1, 0.15) is 11.6 Å². The number of fused-ring (bicyclic) bond motifs is 1. The van der Waals surface area contributed by atoms with E-state index < -0.39 is 0 Å². The largest absolute Gasteiger partial charge is 0.497 e. The SMILES string of the molecule is C=C(C)Cn1c([C@@H]2CC(=O)N(c3cccc(OC)c3)C2)nc2ccccc21. The van der Waals surface area contributed by atoms with Crippen LogP contribution in [0.1, 0.15) is 25.1 Å². The van der Waals surface area contributed by atoms with E-state index in [1.807, 2.05) is 54.3 Å². The molecule has 2 aromatic carbocycles. The van der Waals surface area contributed by atoms with Crippen LogP contribution in [0.4, 0.5) is 5.69 Å². The molecule has 0 saturated carbocycles. The van der Waals surface area contributed by atoms with Crippen molar-refractivity contribution in [1.29, 1.82) is 0 Å². The summed E-state index contributed by atoms with van der Waals surface area (Å²) in [7, 11) is 1.63. The summed E-state index contributed by atoms with van der Waals surface area (Å²) in [5.41, 5.74) is 3.97. The number of benzene rings is 2. The van der Waals surface area contributed by atoms with Crippen molar-refractivity contribution in [1.82, 2.24) is 9.55 Å². The molecule has 27 heavy (non-hydrogen) atoms. The van der Waals surface area contributed by atoms with E-state index >= 15 is 0 Å². The highest BCUT2D eigenvalue weighted by Gasteiger charge is 2.34. The lowest BCUT2D eigenvalue weighted by Crippen LogP contribution is -2.24. The lowest BCUT2D eigenvalue weighted by molar-refractivity contribution is -0.117. The maximum absolute atomic E-state index is 12.7. The summed E-state index contributed by atoms with van der Waals surface area (Å²) < 4.78 is 7.50. The van der Waals surface area contributed by atoms with E-state index in [0.717, 1.165) is 33.9 Å². The third kappa shape index (κ3) is 3.21. The van der Waals surface area contributed by atoms with E-state index in [0.29, 0.717) is 19.5 Å². The van der Waals surface area contributed by atoms with Crippen LogP contribution in [-0.2, 0) is 11.3 Å². The lowest BCUT2D eigenvalue weighted by Gasteiger charge is -2.18. The second kappa shape index (κ2) is 6.91. The average Bonchev–Trinajstić information content (AvgIpc) is 3.22.